The van der Waals surface area contributed by atoms with E-state index in [0.717, 1.165) is 25.1 Å². The topological polar surface area (TPSA) is 70.2 Å². The molecule has 0 aliphatic carbocycles. The number of nitrogens with zero attached hydrogens (tertiary/aromatic N) is 3. The first kappa shape index (κ1) is 19.8. The van der Waals surface area contributed by atoms with Gasteiger partial charge in [0.25, 0.3) is 5.91 Å². The third-order valence-electron chi connectivity index (χ3n) is 3.92. The Morgan fingerprint density at radius 3 is 2.54 bits per heavy atom. The van der Waals surface area contributed by atoms with Crippen molar-refractivity contribution in [2.45, 2.75) is 26.2 Å². The summed E-state index contributed by atoms with van der Waals surface area (Å²) in [6.45, 7) is 4.37. The van der Waals surface area contributed by atoms with Crippen molar-refractivity contribution in [3.05, 3.63) is 42.1 Å². The van der Waals surface area contributed by atoms with Crippen LogP contribution >= 0.6 is 0 Å². The molecule has 2 aromatic rings. The normalized spacial score (nSPS) is 10.8. The maximum absolute atomic E-state index is 12.5. The van der Waals surface area contributed by atoms with Crippen molar-refractivity contribution in [3.8, 4) is 11.4 Å². The van der Waals surface area contributed by atoms with E-state index in [-0.39, 0.29) is 5.91 Å². The predicted octanol–water partition coefficient (Wildman–Crippen LogP) is 3.04. The summed E-state index contributed by atoms with van der Waals surface area (Å²) in [4.78, 5) is 23.6. The lowest BCUT2D eigenvalue weighted by molar-refractivity contribution is 0.0946. The molecule has 0 radical (unpaired) electrons. The molecule has 0 unspecified atom stereocenters. The molecular weight excluding hydrogens is 326 g/mol. The maximum atomic E-state index is 12.5. The molecule has 0 atom stereocenters. The standard InChI is InChI=1S/C20H29N5O/c1-4-5-9-12-21-18-15-17(20(26)22-13-14-25(2)3)23-19(24-18)16-10-7-6-8-11-16/h6-8,10-11,15H,4-5,9,12-14H2,1-3H3,(H,22,26)(H,21,23,24). The van der Waals surface area contributed by atoms with E-state index >= 15 is 0 Å². The lowest BCUT2D eigenvalue weighted by atomic mass is 10.2. The number of carbonyl (C=O) groups excluding carboxylic acids is 1. The molecule has 0 spiro atoms. The van der Waals surface area contributed by atoms with Crippen LogP contribution in [-0.2, 0) is 0 Å². The second-order valence-electron chi connectivity index (χ2n) is 6.52. The Kier molecular flexibility index (Phi) is 8.02. The van der Waals surface area contributed by atoms with E-state index in [0.29, 0.717) is 23.9 Å². The summed E-state index contributed by atoms with van der Waals surface area (Å²) in [6.07, 6.45) is 3.41. The van der Waals surface area contributed by atoms with Crippen LogP contribution in [0.2, 0.25) is 0 Å². The van der Waals surface area contributed by atoms with Gasteiger partial charge in [0.15, 0.2) is 5.82 Å². The van der Waals surface area contributed by atoms with Crippen LogP contribution in [0.15, 0.2) is 36.4 Å². The van der Waals surface area contributed by atoms with Crippen molar-refractivity contribution in [1.29, 1.82) is 0 Å². The molecular formula is C20H29N5O. The molecule has 140 valence electrons. The molecule has 0 saturated carbocycles. The van der Waals surface area contributed by atoms with Crippen LogP contribution in [0.1, 0.15) is 36.7 Å². The van der Waals surface area contributed by atoms with E-state index in [4.69, 9.17) is 0 Å². The van der Waals surface area contributed by atoms with Crippen molar-refractivity contribution in [2.75, 3.05) is 39.0 Å². The zero-order chi connectivity index (χ0) is 18.8. The molecule has 0 fully saturated rings. The molecule has 1 aromatic carbocycles. The van der Waals surface area contributed by atoms with Gasteiger partial charge >= 0.3 is 0 Å². The van der Waals surface area contributed by atoms with Crippen molar-refractivity contribution in [1.82, 2.24) is 20.2 Å². The summed E-state index contributed by atoms with van der Waals surface area (Å²) in [5.74, 6) is 1.07. The third-order valence-corrected chi connectivity index (χ3v) is 3.92. The minimum atomic E-state index is -0.178. The number of anilines is 1. The zero-order valence-corrected chi connectivity index (χ0v) is 16.0. The van der Waals surface area contributed by atoms with Gasteiger partial charge in [0.05, 0.1) is 0 Å². The van der Waals surface area contributed by atoms with Crippen LogP contribution in [0.25, 0.3) is 11.4 Å². The first-order valence-electron chi connectivity index (χ1n) is 9.21. The number of rotatable bonds is 10. The Hall–Kier alpha value is -2.47. The monoisotopic (exact) mass is 355 g/mol. The van der Waals surface area contributed by atoms with Gasteiger partial charge in [-0.1, -0.05) is 50.1 Å². The molecule has 0 aliphatic rings. The lowest BCUT2D eigenvalue weighted by Crippen LogP contribution is -2.32. The van der Waals surface area contributed by atoms with Crippen molar-refractivity contribution < 1.29 is 4.79 Å². The number of likely N-dealkylation sites (N-methyl/N-ethyl adjacent to an activating group) is 1. The van der Waals surface area contributed by atoms with E-state index in [1.165, 1.54) is 12.8 Å². The number of nitrogens with one attached hydrogen (secondary N) is 2. The Labute approximate surface area is 156 Å². The zero-order valence-electron chi connectivity index (χ0n) is 16.0. The molecule has 1 aromatic heterocycles. The number of amides is 1. The van der Waals surface area contributed by atoms with Crippen molar-refractivity contribution in [3.63, 3.8) is 0 Å². The van der Waals surface area contributed by atoms with E-state index in [1.54, 1.807) is 6.07 Å². The average molecular weight is 355 g/mol. The minimum Gasteiger partial charge on any atom is -0.370 e. The van der Waals surface area contributed by atoms with Crippen LogP contribution in [0, 0.1) is 0 Å². The molecule has 6 heteroatoms. The van der Waals surface area contributed by atoms with Gasteiger partial charge in [0, 0.05) is 31.3 Å². The Balaban J connectivity index is 2.18. The lowest BCUT2D eigenvalue weighted by Gasteiger charge is -2.12. The van der Waals surface area contributed by atoms with Gasteiger partial charge in [-0.3, -0.25) is 4.79 Å². The summed E-state index contributed by atoms with van der Waals surface area (Å²) in [7, 11) is 3.95. The molecule has 1 amide bonds. The van der Waals surface area contributed by atoms with E-state index in [2.05, 4.69) is 27.5 Å². The Morgan fingerprint density at radius 2 is 1.85 bits per heavy atom. The fourth-order valence-corrected chi connectivity index (χ4v) is 2.45. The summed E-state index contributed by atoms with van der Waals surface area (Å²) < 4.78 is 0. The van der Waals surface area contributed by atoms with Gasteiger partial charge in [-0.15, -0.1) is 0 Å². The van der Waals surface area contributed by atoms with E-state index < -0.39 is 0 Å². The molecule has 0 aliphatic heterocycles. The Morgan fingerprint density at radius 1 is 1.08 bits per heavy atom. The molecule has 26 heavy (non-hydrogen) atoms. The first-order valence-corrected chi connectivity index (χ1v) is 9.21. The number of benzene rings is 1. The number of hydrogen-bond donors (Lipinski definition) is 2. The van der Waals surface area contributed by atoms with Crippen molar-refractivity contribution in [2.24, 2.45) is 0 Å². The minimum absolute atomic E-state index is 0.178. The summed E-state index contributed by atoms with van der Waals surface area (Å²) in [5, 5.41) is 6.23. The van der Waals surface area contributed by atoms with Crippen LogP contribution in [0.4, 0.5) is 5.82 Å². The summed E-state index contributed by atoms with van der Waals surface area (Å²) >= 11 is 0. The maximum Gasteiger partial charge on any atom is 0.270 e. The number of carbonyl (C=O) groups is 1. The van der Waals surface area contributed by atoms with E-state index in [1.807, 2.05) is 49.3 Å². The molecule has 2 N–H and O–H groups in total. The third kappa shape index (κ3) is 6.44. The summed E-state index contributed by atoms with van der Waals surface area (Å²) in [6, 6.07) is 11.5. The van der Waals surface area contributed by atoms with E-state index in [9.17, 15) is 4.79 Å². The highest BCUT2D eigenvalue weighted by molar-refractivity contribution is 5.93. The quantitative estimate of drug-likeness (QED) is 0.641. The second kappa shape index (κ2) is 10.5. The van der Waals surface area contributed by atoms with Gasteiger partial charge < -0.3 is 15.5 Å². The molecule has 1 heterocycles. The van der Waals surface area contributed by atoms with Crippen molar-refractivity contribution >= 4 is 11.7 Å². The SMILES string of the molecule is CCCCCNc1cc(C(=O)NCCN(C)C)nc(-c2ccccc2)n1. The predicted molar refractivity (Wildman–Crippen MR) is 106 cm³/mol. The fourth-order valence-electron chi connectivity index (χ4n) is 2.45. The summed E-state index contributed by atoms with van der Waals surface area (Å²) in [5.41, 5.74) is 1.28. The van der Waals surface area contributed by atoms with Gasteiger partial charge in [0.1, 0.15) is 11.5 Å². The fraction of sp³-hybridized carbons (Fsp3) is 0.450. The van der Waals surface area contributed by atoms with Gasteiger partial charge in [-0.05, 0) is 20.5 Å². The van der Waals surface area contributed by atoms with Crippen LogP contribution in [0.3, 0.4) is 0 Å². The van der Waals surface area contributed by atoms with Gasteiger partial charge in [-0.25, -0.2) is 9.97 Å². The number of aromatic nitrogens is 2. The van der Waals surface area contributed by atoms with Gasteiger partial charge in [0.2, 0.25) is 0 Å². The highest BCUT2D eigenvalue weighted by Gasteiger charge is 2.13. The van der Waals surface area contributed by atoms with Gasteiger partial charge in [-0.2, -0.15) is 0 Å². The largest absolute Gasteiger partial charge is 0.370 e. The van der Waals surface area contributed by atoms with Crippen LogP contribution in [-0.4, -0.2) is 54.5 Å². The highest BCUT2D eigenvalue weighted by atomic mass is 16.1. The number of unbranched alkanes of at least 4 members (excludes halogenated alkanes) is 2. The molecule has 0 saturated heterocycles. The molecule has 0 bridgehead atoms. The van der Waals surface area contributed by atoms with Crippen LogP contribution < -0.4 is 10.6 Å². The smallest absolute Gasteiger partial charge is 0.270 e. The first-order chi connectivity index (χ1) is 12.6. The average Bonchev–Trinajstić information content (AvgIpc) is 2.65. The number of hydrogen-bond acceptors (Lipinski definition) is 5. The Bertz CT molecular complexity index is 688. The van der Waals surface area contributed by atoms with Crippen LogP contribution in [0.5, 0.6) is 0 Å². The second-order valence-corrected chi connectivity index (χ2v) is 6.52. The molecule has 2 rings (SSSR count). The molecule has 6 nitrogen and oxygen atoms in total. The highest BCUT2D eigenvalue weighted by Crippen LogP contribution is 2.18.